The van der Waals surface area contributed by atoms with Gasteiger partial charge in [-0.05, 0) is 36.1 Å². The summed E-state index contributed by atoms with van der Waals surface area (Å²) in [5.41, 5.74) is 1.04. The Morgan fingerprint density at radius 2 is 2.15 bits per heavy atom. The molecule has 0 radical (unpaired) electrons. The second kappa shape index (κ2) is 4.66. The minimum absolute atomic E-state index is 0.407. The van der Waals surface area contributed by atoms with Crippen molar-refractivity contribution in [2.75, 3.05) is 0 Å². The lowest BCUT2D eigenvalue weighted by Crippen LogP contribution is -1.93. The lowest BCUT2D eigenvalue weighted by molar-refractivity contribution is 0.460. The van der Waals surface area contributed by atoms with Gasteiger partial charge in [-0.15, -0.1) is 0 Å². The molecule has 0 aromatic heterocycles. The monoisotopic (exact) mass is 242 g/mol. The Labute approximate surface area is 87.9 Å². The van der Waals surface area contributed by atoms with E-state index in [1.807, 2.05) is 12.1 Å². The summed E-state index contributed by atoms with van der Waals surface area (Å²) in [5, 5.41) is 9.61. The van der Waals surface area contributed by atoms with E-state index in [-0.39, 0.29) is 0 Å². The SMILES string of the molecule is CCCC(C)c1cc(Br)ccc1O. The molecule has 13 heavy (non-hydrogen) atoms. The molecule has 0 aliphatic carbocycles. The van der Waals surface area contributed by atoms with Crippen molar-refractivity contribution in [1.82, 2.24) is 0 Å². The topological polar surface area (TPSA) is 20.2 Å². The third kappa shape index (κ3) is 2.73. The molecular weight excluding hydrogens is 228 g/mol. The predicted molar refractivity (Wildman–Crippen MR) is 59.1 cm³/mol. The number of phenolic OH excluding ortho intramolecular Hbond substituents is 1. The van der Waals surface area contributed by atoms with E-state index in [4.69, 9.17) is 0 Å². The van der Waals surface area contributed by atoms with Crippen LogP contribution in [0.15, 0.2) is 22.7 Å². The molecular formula is C11H15BrO. The molecule has 0 saturated carbocycles. The van der Waals surface area contributed by atoms with Crippen molar-refractivity contribution in [3.63, 3.8) is 0 Å². The first-order valence-electron chi connectivity index (χ1n) is 4.63. The van der Waals surface area contributed by atoms with Crippen LogP contribution in [-0.4, -0.2) is 5.11 Å². The molecule has 1 rings (SSSR count). The van der Waals surface area contributed by atoms with Crippen LogP contribution >= 0.6 is 15.9 Å². The zero-order valence-electron chi connectivity index (χ0n) is 8.05. The van der Waals surface area contributed by atoms with Crippen LogP contribution in [0.3, 0.4) is 0 Å². The van der Waals surface area contributed by atoms with Crippen molar-refractivity contribution in [1.29, 1.82) is 0 Å². The first kappa shape index (κ1) is 10.6. The summed E-state index contributed by atoms with van der Waals surface area (Å²) in [5.74, 6) is 0.839. The Morgan fingerprint density at radius 3 is 2.77 bits per heavy atom. The molecule has 0 spiro atoms. The molecule has 0 fully saturated rings. The average molecular weight is 243 g/mol. The van der Waals surface area contributed by atoms with Gasteiger partial charge in [0.15, 0.2) is 0 Å². The smallest absolute Gasteiger partial charge is 0.119 e. The van der Waals surface area contributed by atoms with Crippen LogP contribution in [0.5, 0.6) is 5.75 Å². The van der Waals surface area contributed by atoms with E-state index in [2.05, 4.69) is 29.8 Å². The second-order valence-corrected chi connectivity index (χ2v) is 4.31. The highest BCUT2D eigenvalue weighted by Gasteiger charge is 2.09. The van der Waals surface area contributed by atoms with Gasteiger partial charge in [-0.25, -0.2) is 0 Å². The van der Waals surface area contributed by atoms with Gasteiger partial charge < -0.3 is 5.11 Å². The third-order valence-electron chi connectivity index (χ3n) is 2.24. The number of phenols is 1. The summed E-state index contributed by atoms with van der Waals surface area (Å²) >= 11 is 3.40. The molecule has 0 aliphatic heterocycles. The van der Waals surface area contributed by atoms with Crippen molar-refractivity contribution < 1.29 is 5.11 Å². The number of halogens is 1. The molecule has 2 heteroatoms. The van der Waals surface area contributed by atoms with Gasteiger partial charge in [0.2, 0.25) is 0 Å². The molecule has 1 aromatic rings. The molecule has 1 aromatic carbocycles. The zero-order chi connectivity index (χ0) is 9.84. The van der Waals surface area contributed by atoms with Gasteiger partial charge in [-0.1, -0.05) is 36.2 Å². The maximum Gasteiger partial charge on any atom is 0.119 e. The lowest BCUT2D eigenvalue weighted by Gasteiger charge is -2.12. The van der Waals surface area contributed by atoms with Crippen LogP contribution in [0.2, 0.25) is 0 Å². The van der Waals surface area contributed by atoms with E-state index in [0.717, 1.165) is 22.9 Å². The van der Waals surface area contributed by atoms with Gasteiger partial charge in [-0.2, -0.15) is 0 Å². The van der Waals surface area contributed by atoms with E-state index in [9.17, 15) is 5.11 Å². The van der Waals surface area contributed by atoms with Crippen molar-refractivity contribution >= 4 is 15.9 Å². The fourth-order valence-corrected chi connectivity index (χ4v) is 1.89. The van der Waals surface area contributed by atoms with Gasteiger partial charge in [0.25, 0.3) is 0 Å². The molecule has 1 atom stereocenters. The zero-order valence-corrected chi connectivity index (χ0v) is 9.63. The summed E-state index contributed by atoms with van der Waals surface area (Å²) in [7, 11) is 0. The predicted octanol–water partition coefficient (Wildman–Crippen LogP) is 4.06. The van der Waals surface area contributed by atoms with Crippen molar-refractivity contribution in [2.24, 2.45) is 0 Å². The largest absolute Gasteiger partial charge is 0.508 e. The first-order valence-corrected chi connectivity index (χ1v) is 5.43. The van der Waals surface area contributed by atoms with Crippen molar-refractivity contribution in [3.8, 4) is 5.75 Å². The van der Waals surface area contributed by atoms with Gasteiger partial charge >= 0.3 is 0 Å². The molecule has 0 heterocycles. The third-order valence-corrected chi connectivity index (χ3v) is 2.74. The molecule has 0 saturated heterocycles. The maximum absolute atomic E-state index is 9.61. The van der Waals surface area contributed by atoms with E-state index in [0.29, 0.717) is 11.7 Å². The highest BCUT2D eigenvalue weighted by atomic mass is 79.9. The summed E-state index contributed by atoms with van der Waals surface area (Å²) in [6, 6.07) is 5.60. The van der Waals surface area contributed by atoms with Crippen molar-refractivity contribution in [3.05, 3.63) is 28.2 Å². The van der Waals surface area contributed by atoms with Gasteiger partial charge in [0, 0.05) is 4.47 Å². The minimum Gasteiger partial charge on any atom is -0.508 e. The first-order chi connectivity index (χ1) is 6.15. The number of benzene rings is 1. The summed E-state index contributed by atoms with van der Waals surface area (Å²) in [6.45, 7) is 4.30. The second-order valence-electron chi connectivity index (χ2n) is 3.39. The Hall–Kier alpha value is -0.500. The minimum atomic E-state index is 0.407. The fraction of sp³-hybridized carbons (Fsp3) is 0.455. The Bertz CT molecular complexity index is 283. The van der Waals surface area contributed by atoms with E-state index >= 15 is 0 Å². The molecule has 0 bridgehead atoms. The van der Waals surface area contributed by atoms with Crippen LogP contribution in [0, 0.1) is 0 Å². The lowest BCUT2D eigenvalue weighted by atomic mass is 9.96. The van der Waals surface area contributed by atoms with Crippen LogP contribution < -0.4 is 0 Å². The Balaban J connectivity index is 2.91. The average Bonchev–Trinajstić information content (AvgIpc) is 2.09. The van der Waals surface area contributed by atoms with E-state index in [1.54, 1.807) is 6.07 Å². The maximum atomic E-state index is 9.61. The summed E-state index contributed by atoms with van der Waals surface area (Å²) in [4.78, 5) is 0. The number of hydrogen-bond acceptors (Lipinski definition) is 1. The molecule has 72 valence electrons. The van der Waals surface area contributed by atoms with Crippen molar-refractivity contribution in [2.45, 2.75) is 32.6 Å². The van der Waals surface area contributed by atoms with Crippen LogP contribution in [-0.2, 0) is 0 Å². The standard InChI is InChI=1S/C11H15BrO/c1-3-4-8(2)10-7-9(12)5-6-11(10)13/h5-8,13H,3-4H2,1-2H3. The summed E-state index contributed by atoms with van der Waals surface area (Å²) < 4.78 is 1.03. The van der Waals surface area contributed by atoms with E-state index in [1.165, 1.54) is 0 Å². The number of rotatable bonds is 3. The Morgan fingerprint density at radius 1 is 1.46 bits per heavy atom. The highest BCUT2D eigenvalue weighted by molar-refractivity contribution is 9.10. The normalized spacial score (nSPS) is 12.8. The van der Waals surface area contributed by atoms with Crippen LogP contribution in [0.4, 0.5) is 0 Å². The number of aromatic hydroxyl groups is 1. The molecule has 1 nitrogen and oxygen atoms in total. The fourth-order valence-electron chi connectivity index (χ4n) is 1.51. The van der Waals surface area contributed by atoms with E-state index < -0.39 is 0 Å². The Kier molecular flexibility index (Phi) is 3.79. The number of hydrogen-bond donors (Lipinski definition) is 1. The molecule has 0 aliphatic rings. The molecule has 1 unspecified atom stereocenters. The van der Waals surface area contributed by atoms with Crippen LogP contribution in [0.1, 0.15) is 38.2 Å². The van der Waals surface area contributed by atoms with Gasteiger partial charge in [0.05, 0.1) is 0 Å². The molecule has 1 N–H and O–H groups in total. The summed E-state index contributed by atoms with van der Waals surface area (Å²) in [6.07, 6.45) is 2.26. The van der Waals surface area contributed by atoms with Gasteiger partial charge in [0.1, 0.15) is 5.75 Å². The molecule has 0 amide bonds. The van der Waals surface area contributed by atoms with Crippen LogP contribution in [0.25, 0.3) is 0 Å². The highest BCUT2D eigenvalue weighted by Crippen LogP contribution is 2.31. The quantitative estimate of drug-likeness (QED) is 0.848. The van der Waals surface area contributed by atoms with Gasteiger partial charge in [-0.3, -0.25) is 0 Å².